The molecule has 0 bridgehead atoms. The molecule has 1 aromatic carbocycles. The number of halogens is 2. The minimum absolute atomic E-state index is 0.00854. The SMILES string of the molecule is CCNCc1cnc(Oc2ccc(F)c(Cl)c2)cn1. The Morgan fingerprint density at radius 1 is 1.32 bits per heavy atom. The molecule has 0 unspecified atom stereocenters. The van der Waals surface area contributed by atoms with Crippen LogP contribution in [0.5, 0.6) is 11.6 Å². The molecular formula is C13H13ClFN3O. The van der Waals surface area contributed by atoms with Crippen LogP contribution in [-0.2, 0) is 6.54 Å². The summed E-state index contributed by atoms with van der Waals surface area (Å²) in [6.07, 6.45) is 3.15. The first-order valence-electron chi connectivity index (χ1n) is 5.83. The van der Waals surface area contributed by atoms with E-state index in [-0.39, 0.29) is 5.02 Å². The second-order valence-corrected chi connectivity index (χ2v) is 4.21. The highest BCUT2D eigenvalue weighted by Gasteiger charge is 2.04. The Morgan fingerprint density at radius 3 is 2.79 bits per heavy atom. The fourth-order valence-corrected chi connectivity index (χ4v) is 1.57. The normalized spacial score (nSPS) is 10.5. The summed E-state index contributed by atoms with van der Waals surface area (Å²) in [5, 5.41) is 3.15. The van der Waals surface area contributed by atoms with E-state index in [1.165, 1.54) is 24.4 Å². The minimum Gasteiger partial charge on any atom is -0.437 e. The van der Waals surface area contributed by atoms with Gasteiger partial charge in [-0.15, -0.1) is 0 Å². The van der Waals surface area contributed by atoms with Gasteiger partial charge in [0.1, 0.15) is 11.6 Å². The van der Waals surface area contributed by atoms with Crippen LogP contribution in [0.3, 0.4) is 0 Å². The Labute approximate surface area is 115 Å². The maximum absolute atomic E-state index is 13.0. The van der Waals surface area contributed by atoms with Gasteiger partial charge in [0.25, 0.3) is 0 Å². The predicted octanol–water partition coefficient (Wildman–Crippen LogP) is 3.17. The van der Waals surface area contributed by atoms with E-state index in [1.54, 1.807) is 6.20 Å². The van der Waals surface area contributed by atoms with E-state index < -0.39 is 5.82 Å². The zero-order chi connectivity index (χ0) is 13.7. The van der Waals surface area contributed by atoms with E-state index in [0.717, 1.165) is 12.2 Å². The van der Waals surface area contributed by atoms with Crippen LogP contribution >= 0.6 is 11.6 Å². The van der Waals surface area contributed by atoms with Crippen molar-refractivity contribution in [2.75, 3.05) is 6.54 Å². The van der Waals surface area contributed by atoms with Crippen LogP contribution in [0.4, 0.5) is 4.39 Å². The van der Waals surface area contributed by atoms with E-state index in [4.69, 9.17) is 16.3 Å². The summed E-state index contributed by atoms with van der Waals surface area (Å²) < 4.78 is 18.4. The lowest BCUT2D eigenvalue weighted by Crippen LogP contribution is -2.13. The van der Waals surface area contributed by atoms with Crippen LogP contribution in [0.1, 0.15) is 12.6 Å². The van der Waals surface area contributed by atoms with Crippen LogP contribution < -0.4 is 10.1 Å². The fraction of sp³-hybridized carbons (Fsp3) is 0.231. The number of nitrogens with one attached hydrogen (secondary N) is 1. The molecule has 2 aromatic rings. The van der Waals surface area contributed by atoms with Gasteiger partial charge in [0.2, 0.25) is 5.88 Å². The predicted molar refractivity (Wildman–Crippen MR) is 70.9 cm³/mol. The molecule has 0 fully saturated rings. The van der Waals surface area contributed by atoms with Crippen molar-refractivity contribution < 1.29 is 9.13 Å². The molecule has 2 rings (SSSR count). The van der Waals surface area contributed by atoms with Crippen molar-refractivity contribution in [1.29, 1.82) is 0 Å². The molecule has 0 spiro atoms. The van der Waals surface area contributed by atoms with Gasteiger partial charge in [-0.25, -0.2) is 9.37 Å². The first-order valence-corrected chi connectivity index (χ1v) is 6.21. The third-order valence-corrected chi connectivity index (χ3v) is 2.64. The van der Waals surface area contributed by atoms with Crippen molar-refractivity contribution in [3.63, 3.8) is 0 Å². The lowest BCUT2D eigenvalue weighted by molar-refractivity contribution is 0.457. The van der Waals surface area contributed by atoms with Gasteiger partial charge >= 0.3 is 0 Å². The Balaban J connectivity index is 2.04. The molecule has 4 nitrogen and oxygen atoms in total. The number of ether oxygens (including phenoxy) is 1. The van der Waals surface area contributed by atoms with Crippen LogP contribution in [0.2, 0.25) is 5.02 Å². The minimum atomic E-state index is -0.485. The van der Waals surface area contributed by atoms with E-state index in [9.17, 15) is 4.39 Å². The Morgan fingerprint density at radius 2 is 2.16 bits per heavy atom. The van der Waals surface area contributed by atoms with Gasteiger partial charge in [0.05, 0.1) is 23.1 Å². The highest BCUT2D eigenvalue weighted by Crippen LogP contribution is 2.24. The molecule has 19 heavy (non-hydrogen) atoms. The fourth-order valence-electron chi connectivity index (χ4n) is 1.40. The summed E-state index contributed by atoms with van der Waals surface area (Å²) in [5.41, 5.74) is 0.825. The highest BCUT2D eigenvalue weighted by atomic mass is 35.5. The molecule has 0 amide bonds. The van der Waals surface area contributed by atoms with Gasteiger partial charge in [0, 0.05) is 12.6 Å². The topological polar surface area (TPSA) is 47.0 Å². The van der Waals surface area contributed by atoms with Crippen LogP contribution in [-0.4, -0.2) is 16.5 Å². The molecule has 0 aliphatic rings. The van der Waals surface area contributed by atoms with Gasteiger partial charge in [-0.05, 0) is 18.7 Å². The molecule has 0 saturated heterocycles. The summed E-state index contributed by atoms with van der Waals surface area (Å²) in [6, 6.07) is 4.12. The van der Waals surface area contributed by atoms with Gasteiger partial charge < -0.3 is 10.1 Å². The summed E-state index contributed by atoms with van der Waals surface area (Å²) in [4.78, 5) is 8.31. The third kappa shape index (κ3) is 3.87. The summed E-state index contributed by atoms with van der Waals surface area (Å²) in [7, 11) is 0. The second kappa shape index (κ2) is 6.45. The lowest BCUT2D eigenvalue weighted by atomic mass is 10.3. The van der Waals surface area contributed by atoms with Crippen molar-refractivity contribution in [3.8, 4) is 11.6 Å². The van der Waals surface area contributed by atoms with Crippen molar-refractivity contribution >= 4 is 11.6 Å². The molecular weight excluding hydrogens is 269 g/mol. The number of hydrogen-bond donors (Lipinski definition) is 1. The molecule has 100 valence electrons. The van der Waals surface area contributed by atoms with Crippen molar-refractivity contribution in [2.24, 2.45) is 0 Å². The highest BCUT2D eigenvalue weighted by molar-refractivity contribution is 6.30. The third-order valence-electron chi connectivity index (χ3n) is 2.35. The van der Waals surface area contributed by atoms with E-state index in [0.29, 0.717) is 18.2 Å². The van der Waals surface area contributed by atoms with Crippen molar-refractivity contribution in [1.82, 2.24) is 15.3 Å². The van der Waals surface area contributed by atoms with Gasteiger partial charge in [-0.1, -0.05) is 18.5 Å². The first kappa shape index (κ1) is 13.7. The number of hydrogen-bond acceptors (Lipinski definition) is 4. The van der Waals surface area contributed by atoms with Crippen LogP contribution in [0.25, 0.3) is 0 Å². The maximum Gasteiger partial charge on any atom is 0.237 e. The molecule has 1 heterocycles. The Kier molecular flexibility index (Phi) is 4.65. The number of rotatable bonds is 5. The summed E-state index contributed by atoms with van der Waals surface area (Å²) in [6.45, 7) is 3.54. The second-order valence-electron chi connectivity index (χ2n) is 3.80. The number of nitrogens with zero attached hydrogens (tertiary/aromatic N) is 2. The summed E-state index contributed by atoms with van der Waals surface area (Å²) >= 11 is 5.66. The monoisotopic (exact) mass is 281 g/mol. The lowest BCUT2D eigenvalue weighted by Gasteiger charge is -2.06. The van der Waals surface area contributed by atoms with Gasteiger partial charge in [-0.3, -0.25) is 4.98 Å². The molecule has 0 atom stereocenters. The number of benzene rings is 1. The average Bonchev–Trinajstić information content (AvgIpc) is 2.42. The van der Waals surface area contributed by atoms with Crippen LogP contribution in [0.15, 0.2) is 30.6 Å². The standard InChI is InChI=1S/C13H13ClFN3O/c1-2-16-6-9-7-18-13(8-17-9)19-10-3-4-12(15)11(14)5-10/h3-5,7-8,16H,2,6H2,1H3. The molecule has 0 aliphatic carbocycles. The molecule has 6 heteroatoms. The maximum atomic E-state index is 13.0. The van der Waals surface area contributed by atoms with Gasteiger partial charge in [-0.2, -0.15) is 0 Å². The van der Waals surface area contributed by atoms with E-state index in [2.05, 4.69) is 15.3 Å². The van der Waals surface area contributed by atoms with Crippen molar-refractivity contribution in [3.05, 3.63) is 47.1 Å². The average molecular weight is 282 g/mol. The van der Waals surface area contributed by atoms with E-state index in [1.807, 2.05) is 6.92 Å². The molecule has 1 aromatic heterocycles. The Hall–Kier alpha value is -1.72. The van der Waals surface area contributed by atoms with Gasteiger partial charge in [0.15, 0.2) is 0 Å². The molecule has 0 radical (unpaired) electrons. The van der Waals surface area contributed by atoms with E-state index >= 15 is 0 Å². The van der Waals surface area contributed by atoms with Crippen LogP contribution in [0, 0.1) is 5.82 Å². The first-order chi connectivity index (χ1) is 9.19. The van der Waals surface area contributed by atoms with Crippen molar-refractivity contribution in [2.45, 2.75) is 13.5 Å². The largest absolute Gasteiger partial charge is 0.437 e. The Bertz CT molecular complexity index is 548. The zero-order valence-electron chi connectivity index (χ0n) is 10.4. The number of aromatic nitrogens is 2. The smallest absolute Gasteiger partial charge is 0.237 e. The molecule has 1 N–H and O–H groups in total. The quantitative estimate of drug-likeness (QED) is 0.914. The summed E-state index contributed by atoms with van der Waals surface area (Å²) in [5.74, 6) is 0.268. The molecule has 0 aliphatic heterocycles. The zero-order valence-corrected chi connectivity index (χ0v) is 11.1. The molecule has 0 saturated carbocycles.